The molecule has 0 saturated heterocycles. The quantitative estimate of drug-likeness (QED) is 0.849. The zero-order chi connectivity index (χ0) is 13.1. The van der Waals surface area contributed by atoms with Crippen molar-refractivity contribution in [3.05, 3.63) is 46.5 Å². The molecule has 0 saturated carbocycles. The highest BCUT2D eigenvalue weighted by Gasteiger charge is 2.09. The second-order valence-corrected chi connectivity index (χ2v) is 5.40. The van der Waals surface area contributed by atoms with Gasteiger partial charge in [-0.1, -0.05) is 12.1 Å². The summed E-state index contributed by atoms with van der Waals surface area (Å²) >= 11 is 3.40. The van der Waals surface area contributed by atoms with Gasteiger partial charge < -0.3 is 9.30 Å². The van der Waals surface area contributed by atoms with Gasteiger partial charge in [-0.25, -0.2) is 4.98 Å². The van der Waals surface area contributed by atoms with E-state index in [1.54, 1.807) is 0 Å². The number of rotatable bonds is 4. The van der Waals surface area contributed by atoms with Crippen molar-refractivity contribution < 1.29 is 4.74 Å². The predicted octanol–water partition coefficient (Wildman–Crippen LogP) is 4.11. The van der Waals surface area contributed by atoms with Crippen LogP contribution in [-0.2, 0) is 6.61 Å². The number of aromatic nitrogens is 2. The van der Waals surface area contributed by atoms with E-state index in [1.165, 1.54) is 5.56 Å². The minimum absolute atomic E-state index is 0.375. The Balaban J connectivity index is 2.10. The number of nitrogens with zero attached hydrogens (tertiary/aromatic N) is 2. The Morgan fingerprint density at radius 2 is 2.17 bits per heavy atom. The van der Waals surface area contributed by atoms with Crippen LogP contribution in [0.25, 0.3) is 0 Å². The third kappa shape index (κ3) is 3.13. The lowest BCUT2D eigenvalue weighted by Crippen LogP contribution is -2.08. The molecule has 0 amide bonds. The molecule has 4 heteroatoms. The molecule has 2 rings (SSSR count). The van der Waals surface area contributed by atoms with Gasteiger partial charge in [-0.05, 0) is 54.4 Å². The van der Waals surface area contributed by atoms with Crippen LogP contribution in [0, 0.1) is 6.92 Å². The molecule has 1 aromatic carbocycles. The average Bonchev–Trinajstić information content (AvgIpc) is 2.68. The molecule has 0 radical (unpaired) electrons. The Labute approximate surface area is 116 Å². The van der Waals surface area contributed by atoms with Gasteiger partial charge in [0.25, 0.3) is 0 Å². The van der Waals surface area contributed by atoms with E-state index in [9.17, 15) is 0 Å². The van der Waals surface area contributed by atoms with Crippen molar-refractivity contribution in [3.8, 4) is 5.75 Å². The van der Waals surface area contributed by atoms with Crippen LogP contribution < -0.4 is 4.74 Å². The molecule has 1 aromatic heterocycles. The maximum Gasteiger partial charge on any atom is 0.148 e. The molecule has 0 spiro atoms. The van der Waals surface area contributed by atoms with Crippen molar-refractivity contribution >= 4 is 15.9 Å². The highest BCUT2D eigenvalue weighted by atomic mass is 79.9. The van der Waals surface area contributed by atoms with Gasteiger partial charge in [0.2, 0.25) is 0 Å². The topological polar surface area (TPSA) is 27.1 Å². The standard InChI is InChI=1S/C14H17BrN2O/c1-10(2)17-8-13(15)16-14(17)9-18-12-6-4-5-11(3)7-12/h4-8,10H,9H2,1-3H3. The molecular weight excluding hydrogens is 292 g/mol. The van der Waals surface area contributed by atoms with Crippen molar-refractivity contribution in [2.45, 2.75) is 33.4 Å². The van der Waals surface area contributed by atoms with Crippen LogP contribution in [0.3, 0.4) is 0 Å². The van der Waals surface area contributed by atoms with Crippen LogP contribution in [0.15, 0.2) is 35.1 Å². The van der Waals surface area contributed by atoms with E-state index in [1.807, 2.05) is 24.4 Å². The zero-order valence-corrected chi connectivity index (χ0v) is 12.4. The molecule has 0 fully saturated rings. The van der Waals surface area contributed by atoms with E-state index in [4.69, 9.17) is 4.74 Å². The van der Waals surface area contributed by atoms with E-state index in [0.29, 0.717) is 12.6 Å². The minimum Gasteiger partial charge on any atom is -0.486 e. The number of benzene rings is 1. The second kappa shape index (κ2) is 5.57. The Morgan fingerprint density at radius 1 is 1.39 bits per heavy atom. The van der Waals surface area contributed by atoms with Gasteiger partial charge in [-0.2, -0.15) is 0 Å². The summed E-state index contributed by atoms with van der Waals surface area (Å²) in [5.74, 6) is 1.81. The Kier molecular flexibility index (Phi) is 4.07. The molecule has 1 heterocycles. The zero-order valence-electron chi connectivity index (χ0n) is 10.9. The maximum atomic E-state index is 5.77. The molecule has 0 bridgehead atoms. The summed E-state index contributed by atoms with van der Waals surface area (Å²) in [4.78, 5) is 4.42. The summed E-state index contributed by atoms with van der Waals surface area (Å²) in [6.07, 6.45) is 1.99. The molecule has 18 heavy (non-hydrogen) atoms. The molecule has 0 N–H and O–H groups in total. The van der Waals surface area contributed by atoms with Crippen LogP contribution in [0.5, 0.6) is 5.75 Å². The summed E-state index contributed by atoms with van der Waals surface area (Å²) in [5.41, 5.74) is 1.20. The van der Waals surface area contributed by atoms with Crippen molar-refractivity contribution in [2.24, 2.45) is 0 Å². The molecule has 2 aromatic rings. The third-order valence-electron chi connectivity index (χ3n) is 2.69. The van der Waals surface area contributed by atoms with Crippen LogP contribution in [0.1, 0.15) is 31.3 Å². The average molecular weight is 309 g/mol. The maximum absolute atomic E-state index is 5.77. The van der Waals surface area contributed by atoms with Gasteiger partial charge in [0.15, 0.2) is 0 Å². The highest BCUT2D eigenvalue weighted by Crippen LogP contribution is 2.18. The molecule has 0 unspecified atom stereocenters. The molecule has 96 valence electrons. The lowest BCUT2D eigenvalue weighted by molar-refractivity contribution is 0.286. The van der Waals surface area contributed by atoms with Crippen LogP contribution in [0.4, 0.5) is 0 Å². The lowest BCUT2D eigenvalue weighted by atomic mass is 10.2. The summed E-state index contributed by atoms with van der Waals surface area (Å²) in [6, 6.07) is 8.41. The fraction of sp³-hybridized carbons (Fsp3) is 0.357. The number of hydrogen-bond acceptors (Lipinski definition) is 2. The molecule has 0 aliphatic rings. The fourth-order valence-electron chi connectivity index (χ4n) is 1.81. The minimum atomic E-state index is 0.375. The summed E-state index contributed by atoms with van der Waals surface area (Å²) < 4.78 is 8.73. The Morgan fingerprint density at radius 3 is 2.83 bits per heavy atom. The fourth-order valence-corrected chi connectivity index (χ4v) is 2.23. The monoisotopic (exact) mass is 308 g/mol. The molecule has 3 nitrogen and oxygen atoms in total. The van der Waals surface area contributed by atoms with Crippen LogP contribution in [0.2, 0.25) is 0 Å². The van der Waals surface area contributed by atoms with E-state index in [-0.39, 0.29) is 0 Å². The Hall–Kier alpha value is -1.29. The van der Waals surface area contributed by atoms with Gasteiger partial charge in [-0.15, -0.1) is 0 Å². The largest absolute Gasteiger partial charge is 0.486 e. The smallest absolute Gasteiger partial charge is 0.148 e. The first-order valence-electron chi connectivity index (χ1n) is 5.99. The first-order valence-corrected chi connectivity index (χ1v) is 6.78. The SMILES string of the molecule is Cc1cccc(OCc2nc(Br)cn2C(C)C)c1. The van der Waals surface area contributed by atoms with Gasteiger partial charge in [0, 0.05) is 12.2 Å². The van der Waals surface area contributed by atoms with E-state index >= 15 is 0 Å². The number of aryl methyl sites for hydroxylation is 1. The van der Waals surface area contributed by atoms with Gasteiger partial charge in [-0.3, -0.25) is 0 Å². The number of hydrogen-bond donors (Lipinski definition) is 0. The van der Waals surface area contributed by atoms with Crippen molar-refractivity contribution in [1.82, 2.24) is 9.55 Å². The van der Waals surface area contributed by atoms with Crippen molar-refractivity contribution in [2.75, 3.05) is 0 Å². The van der Waals surface area contributed by atoms with Gasteiger partial charge in [0.1, 0.15) is 22.8 Å². The second-order valence-electron chi connectivity index (χ2n) is 4.59. The van der Waals surface area contributed by atoms with Crippen molar-refractivity contribution in [1.29, 1.82) is 0 Å². The normalized spacial score (nSPS) is 10.9. The van der Waals surface area contributed by atoms with Gasteiger partial charge in [0.05, 0.1) is 0 Å². The third-order valence-corrected chi connectivity index (χ3v) is 3.08. The molecule has 0 atom stereocenters. The van der Waals surface area contributed by atoms with Crippen molar-refractivity contribution in [3.63, 3.8) is 0 Å². The van der Waals surface area contributed by atoms with Crippen LogP contribution >= 0.6 is 15.9 Å². The first-order chi connectivity index (χ1) is 8.56. The molecule has 0 aliphatic carbocycles. The van der Waals surface area contributed by atoms with Crippen LogP contribution in [-0.4, -0.2) is 9.55 Å². The molecule has 0 aliphatic heterocycles. The van der Waals surface area contributed by atoms with E-state index < -0.39 is 0 Å². The van der Waals surface area contributed by atoms with E-state index in [0.717, 1.165) is 16.2 Å². The lowest BCUT2D eigenvalue weighted by Gasteiger charge is -2.12. The first kappa shape index (κ1) is 13.1. The Bertz CT molecular complexity index is 534. The van der Waals surface area contributed by atoms with Gasteiger partial charge >= 0.3 is 0 Å². The number of halogens is 1. The summed E-state index contributed by atoms with van der Waals surface area (Å²) in [6.45, 7) is 6.79. The number of ether oxygens (including phenoxy) is 1. The number of imidazole rings is 1. The summed E-state index contributed by atoms with van der Waals surface area (Å²) in [7, 11) is 0. The summed E-state index contributed by atoms with van der Waals surface area (Å²) in [5, 5.41) is 0. The van der Waals surface area contributed by atoms with E-state index in [2.05, 4.69) is 52.3 Å². The highest BCUT2D eigenvalue weighted by molar-refractivity contribution is 9.10. The predicted molar refractivity (Wildman–Crippen MR) is 75.8 cm³/mol. The molecular formula is C14H17BrN2O.